The quantitative estimate of drug-likeness (QED) is 0.265. The molecule has 0 spiro atoms. The van der Waals surface area contributed by atoms with Crippen molar-refractivity contribution in [3.63, 3.8) is 0 Å². The Labute approximate surface area is 253 Å². The average molecular weight is 605 g/mol. The van der Waals surface area contributed by atoms with Crippen LogP contribution in [0.4, 0.5) is 0 Å². The summed E-state index contributed by atoms with van der Waals surface area (Å²) < 4.78 is 10.6. The molecule has 226 valence electrons. The van der Waals surface area contributed by atoms with Gasteiger partial charge in [-0.1, -0.05) is 38.1 Å². The number of likely N-dealkylation sites (tertiary alicyclic amines) is 1. The molecular formula is C31H36N6O5S. The number of H-pyrrole nitrogens is 1. The van der Waals surface area contributed by atoms with Gasteiger partial charge in [0.25, 0.3) is 11.8 Å². The van der Waals surface area contributed by atoms with Crippen molar-refractivity contribution in [2.24, 2.45) is 5.92 Å². The number of aryl methyl sites for hydroxylation is 1. The van der Waals surface area contributed by atoms with Crippen LogP contribution in [0.2, 0.25) is 0 Å². The number of hydrogen-bond donors (Lipinski definition) is 2. The molecule has 12 heteroatoms. The highest BCUT2D eigenvalue weighted by Gasteiger charge is 2.42. The Morgan fingerprint density at radius 3 is 2.63 bits per heavy atom. The van der Waals surface area contributed by atoms with Crippen LogP contribution in [-0.4, -0.2) is 72.6 Å². The topological polar surface area (TPSA) is 138 Å². The Morgan fingerprint density at radius 2 is 2.00 bits per heavy atom. The minimum atomic E-state index is -0.713. The predicted molar refractivity (Wildman–Crippen MR) is 159 cm³/mol. The number of aromatic amines is 1. The normalized spacial score (nSPS) is 19.2. The summed E-state index contributed by atoms with van der Waals surface area (Å²) in [5.74, 6) is 0.145. The third-order valence-electron chi connectivity index (χ3n) is 8.22. The fourth-order valence-corrected chi connectivity index (χ4v) is 6.62. The minimum Gasteiger partial charge on any atom is -0.479 e. The van der Waals surface area contributed by atoms with Gasteiger partial charge < -0.3 is 29.2 Å². The molecule has 2 amide bonds. The van der Waals surface area contributed by atoms with Gasteiger partial charge in [0.1, 0.15) is 17.4 Å². The van der Waals surface area contributed by atoms with Gasteiger partial charge in [0.05, 0.1) is 41.5 Å². The van der Waals surface area contributed by atoms with Gasteiger partial charge in [-0.25, -0.2) is 9.97 Å². The van der Waals surface area contributed by atoms with E-state index in [-0.39, 0.29) is 30.3 Å². The third-order valence-corrected chi connectivity index (χ3v) is 9.20. The SMILES string of the molecule is COc1cc(C(C(=O)N2C[C@H](O)C[C@H]2c2ncc(C(=O)N(Cc3ccc(-c4scnc4C)cc3)C3CC3)[nH]2)C(C)C)on1. The molecule has 4 heterocycles. The van der Waals surface area contributed by atoms with Gasteiger partial charge in [-0.3, -0.25) is 9.59 Å². The van der Waals surface area contributed by atoms with E-state index < -0.39 is 18.1 Å². The Morgan fingerprint density at radius 1 is 1.23 bits per heavy atom. The monoisotopic (exact) mass is 604 g/mol. The minimum absolute atomic E-state index is 0.0931. The number of nitrogens with zero attached hydrogens (tertiary/aromatic N) is 5. The molecule has 3 atom stereocenters. The first kappa shape index (κ1) is 29.1. The summed E-state index contributed by atoms with van der Waals surface area (Å²) in [6, 6.07) is 9.58. The van der Waals surface area contributed by atoms with Crippen molar-refractivity contribution >= 4 is 23.2 Å². The molecular weight excluding hydrogens is 568 g/mol. The zero-order valence-electron chi connectivity index (χ0n) is 24.7. The summed E-state index contributed by atoms with van der Waals surface area (Å²) in [7, 11) is 1.49. The lowest BCUT2D eigenvalue weighted by Crippen LogP contribution is -2.37. The zero-order chi connectivity index (χ0) is 30.2. The number of amides is 2. The lowest BCUT2D eigenvalue weighted by atomic mass is 9.91. The Hall–Kier alpha value is -4.03. The summed E-state index contributed by atoms with van der Waals surface area (Å²) in [4.78, 5) is 44.3. The van der Waals surface area contributed by atoms with Crippen LogP contribution < -0.4 is 4.74 Å². The number of methoxy groups -OCH3 is 1. The lowest BCUT2D eigenvalue weighted by Gasteiger charge is -2.28. The van der Waals surface area contributed by atoms with E-state index in [0.717, 1.165) is 34.5 Å². The summed E-state index contributed by atoms with van der Waals surface area (Å²) >= 11 is 1.62. The average Bonchev–Trinajstić information content (AvgIpc) is 3.36. The maximum absolute atomic E-state index is 13.8. The van der Waals surface area contributed by atoms with Crippen LogP contribution in [0.5, 0.6) is 5.88 Å². The molecule has 11 nitrogen and oxygen atoms in total. The molecule has 1 aliphatic carbocycles. The number of nitrogens with one attached hydrogen (secondary N) is 1. The summed E-state index contributed by atoms with van der Waals surface area (Å²) in [6.07, 6.45) is 3.07. The molecule has 4 aromatic rings. The number of ether oxygens (including phenoxy) is 1. The Balaban J connectivity index is 1.19. The molecule has 0 radical (unpaired) electrons. The summed E-state index contributed by atoms with van der Waals surface area (Å²) in [5.41, 5.74) is 5.39. The third kappa shape index (κ3) is 5.94. The van der Waals surface area contributed by atoms with E-state index in [1.54, 1.807) is 22.3 Å². The molecule has 1 saturated heterocycles. The number of aromatic nitrogens is 4. The maximum Gasteiger partial charge on any atom is 0.272 e. The Bertz CT molecular complexity index is 1590. The molecule has 43 heavy (non-hydrogen) atoms. The summed E-state index contributed by atoms with van der Waals surface area (Å²) in [6.45, 7) is 6.52. The van der Waals surface area contributed by atoms with Crippen molar-refractivity contribution in [3.8, 4) is 16.3 Å². The molecule has 2 N–H and O–H groups in total. The van der Waals surface area contributed by atoms with Crippen molar-refractivity contribution in [2.45, 2.75) is 70.7 Å². The van der Waals surface area contributed by atoms with E-state index in [4.69, 9.17) is 9.26 Å². The molecule has 1 saturated carbocycles. The number of benzene rings is 1. The fourth-order valence-electron chi connectivity index (χ4n) is 5.80. The number of hydrogen-bond acceptors (Lipinski definition) is 9. The van der Waals surface area contributed by atoms with Gasteiger partial charge in [0.15, 0.2) is 5.76 Å². The molecule has 1 aromatic carbocycles. The van der Waals surface area contributed by atoms with Crippen LogP contribution in [0.15, 0.2) is 46.6 Å². The second-order valence-corrected chi connectivity index (χ2v) is 12.6. The number of carbonyl (C=O) groups is 2. The van der Waals surface area contributed by atoms with Crippen molar-refractivity contribution in [3.05, 3.63) is 70.6 Å². The van der Waals surface area contributed by atoms with Crippen molar-refractivity contribution in [1.82, 2.24) is 29.9 Å². The molecule has 1 unspecified atom stereocenters. The molecule has 3 aromatic heterocycles. The van der Waals surface area contributed by atoms with Crippen molar-refractivity contribution < 1.29 is 24.0 Å². The first-order valence-electron chi connectivity index (χ1n) is 14.6. The second kappa shape index (κ2) is 11.9. The molecule has 6 rings (SSSR count). The van der Waals surface area contributed by atoms with Gasteiger partial charge in [0, 0.05) is 31.6 Å². The predicted octanol–water partition coefficient (Wildman–Crippen LogP) is 4.72. The second-order valence-electron chi connectivity index (χ2n) is 11.7. The maximum atomic E-state index is 13.8. The molecule has 1 aliphatic heterocycles. The van der Waals surface area contributed by atoms with Crippen LogP contribution in [0.25, 0.3) is 10.4 Å². The van der Waals surface area contributed by atoms with E-state index in [2.05, 4.69) is 44.4 Å². The van der Waals surface area contributed by atoms with Crippen molar-refractivity contribution in [2.75, 3.05) is 13.7 Å². The first-order valence-corrected chi connectivity index (χ1v) is 15.5. The largest absolute Gasteiger partial charge is 0.479 e. The number of thiazole rings is 1. The van der Waals surface area contributed by atoms with Gasteiger partial charge in [-0.15, -0.1) is 11.3 Å². The number of aliphatic hydroxyl groups excluding tert-OH is 1. The first-order chi connectivity index (χ1) is 20.7. The number of rotatable bonds is 10. The van der Waals surface area contributed by atoms with Gasteiger partial charge in [-0.05, 0) is 42.0 Å². The smallest absolute Gasteiger partial charge is 0.272 e. The van der Waals surface area contributed by atoms with Crippen molar-refractivity contribution in [1.29, 1.82) is 0 Å². The zero-order valence-corrected chi connectivity index (χ0v) is 25.5. The fraction of sp³-hybridized carbons (Fsp3) is 0.452. The number of aliphatic hydroxyl groups is 1. The van der Waals surface area contributed by atoms with Gasteiger partial charge >= 0.3 is 0 Å². The van der Waals surface area contributed by atoms with Crippen LogP contribution in [0.1, 0.15) is 78.4 Å². The van der Waals surface area contributed by atoms with E-state index >= 15 is 0 Å². The van der Waals surface area contributed by atoms with E-state index in [0.29, 0.717) is 36.1 Å². The Kier molecular flexibility index (Phi) is 8.06. The standard InChI is InChI=1S/C31H36N6O5S/c1-17(2)27(25-12-26(41-4)35-42-25)31(40)37-15-22(38)11-24(37)29-32-13-23(34-29)30(39)36(21-9-10-21)14-19-5-7-20(8-6-19)28-18(3)33-16-43-28/h5-8,12-13,16-17,21-22,24,27,38H,9-11,14-15H2,1-4H3,(H,32,34)/t22-,24+,27?/m1/s1. The van der Waals surface area contributed by atoms with Crippen LogP contribution >= 0.6 is 11.3 Å². The van der Waals surface area contributed by atoms with E-state index in [1.165, 1.54) is 13.3 Å². The van der Waals surface area contributed by atoms with Gasteiger partial charge in [0.2, 0.25) is 5.91 Å². The lowest BCUT2D eigenvalue weighted by molar-refractivity contribution is -0.135. The van der Waals surface area contributed by atoms with Crippen LogP contribution in [0, 0.1) is 12.8 Å². The molecule has 0 bridgehead atoms. The number of β-amino-alcohol motifs (C(OH)–C–C–N with tert-alkyl or cyclic N) is 1. The number of carbonyl (C=O) groups excluding carboxylic acids is 2. The van der Waals surface area contributed by atoms with Gasteiger partial charge in [-0.2, -0.15) is 0 Å². The van der Waals surface area contributed by atoms with Crippen LogP contribution in [-0.2, 0) is 11.3 Å². The van der Waals surface area contributed by atoms with E-state index in [1.807, 2.05) is 31.2 Å². The molecule has 2 aliphatic rings. The highest BCUT2D eigenvalue weighted by Crippen LogP contribution is 2.37. The highest BCUT2D eigenvalue weighted by atomic mass is 32.1. The molecule has 2 fully saturated rings. The number of imidazole rings is 1. The summed E-state index contributed by atoms with van der Waals surface area (Å²) in [5, 5.41) is 14.5. The highest BCUT2D eigenvalue weighted by molar-refractivity contribution is 7.13. The van der Waals surface area contributed by atoms with Crippen LogP contribution in [0.3, 0.4) is 0 Å². The van der Waals surface area contributed by atoms with E-state index in [9.17, 15) is 14.7 Å².